The van der Waals surface area contributed by atoms with Crippen LogP contribution in [0.15, 0.2) is 47.7 Å². The highest BCUT2D eigenvalue weighted by Crippen LogP contribution is 2.13. The van der Waals surface area contributed by atoms with E-state index in [1.165, 1.54) is 14.0 Å². The third-order valence-electron chi connectivity index (χ3n) is 2.67. The van der Waals surface area contributed by atoms with Gasteiger partial charge in [-0.2, -0.15) is 0 Å². The Kier molecular flexibility index (Phi) is 6.23. The summed E-state index contributed by atoms with van der Waals surface area (Å²) < 4.78 is 4.70. The number of allylic oxidation sites excluding steroid dienone is 2. The Morgan fingerprint density at radius 3 is 2.40 bits per heavy atom. The highest BCUT2D eigenvalue weighted by atomic mass is 16.5. The molecule has 0 bridgehead atoms. The summed E-state index contributed by atoms with van der Waals surface area (Å²) in [5.74, 6) is -0.848. The Balaban J connectivity index is 3.09. The van der Waals surface area contributed by atoms with Gasteiger partial charge in [0.1, 0.15) is 5.70 Å². The van der Waals surface area contributed by atoms with Crippen molar-refractivity contribution in [1.29, 1.82) is 0 Å². The van der Waals surface area contributed by atoms with E-state index < -0.39 is 5.97 Å². The number of carbonyl (C=O) groups excluding carboxylic acids is 2. The molecular weight excluding hydrogens is 254 g/mol. The monoisotopic (exact) mass is 273 g/mol. The van der Waals surface area contributed by atoms with E-state index in [2.05, 4.69) is 5.32 Å². The zero-order valence-corrected chi connectivity index (χ0v) is 12.0. The lowest BCUT2D eigenvalue weighted by Gasteiger charge is -2.10. The van der Waals surface area contributed by atoms with E-state index in [1.807, 2.05) is 49.4 Å². The number of rotatable bonds is 5. The third kappa shape index (κ3) is 4.72. The van der Waals surface area contributed by atoms with Crippen molar-refractivity contribution in [3.63, 3.8) is 0 Å². The molecule has 1 amide bonds. The summed E-state index contributed by atoms with van der Waals surface area (Å²) in [6, 6.07) is 9.72. The number of amides is 1. The van der Waals surface area contributed by atoms with Crippen molar-refractivity contribution in [3.8, 4) is 0 Å². The van der Waals surface area contributed by atoms with Gasteiger partial charge in [-0.3, -0.25) is 4.79 Å². The minimum absolute atomic E-state index is 0.190. The van der Waals surface area contributed by atoms with Gasteiger partial charge in [0.2, 0.25) is 5.91 Å². The molecule has 0 aliphatic rings. The first-order chi connectivity index (χ1) is 9.58. The van der Waals surface area contributed by atoms with Crippen LogP contribution in [0, 0.1) is 0 Å². The van der Waals surface area contributed by atoms with Gasteiger partial charge in [-0.1, -0.05) is 49.4 Å². The summed E-state index contributed by atoms with van der Waals surface area (Å²) in [6.45, 7) is 3.27. The Morgan fingerprint density at radius 1 is 1.25 bits per heavy atom. The highest BCUT2D eigenvalue weighted by molar-refractivity contribution is 5.94. The first kappa shape index (κ1) is 15.7. The summed E-state index contributed by atoms with van der Waals surface area (Å²) in [5, 5.41) is 2.53. The smallest absolute Gasteiger partial charge is 0.354 e. The molecule has 0 saturated heterocycles. The average molecular weight is 273 g/mol. The average Bonchev–Trinajstić information content (AvgIpc) is 2.46. The largest absolute Gasteiger partial charge is 0.464 e. The Hall–Kier alpha value is -2.36. The predicted molar refractivity (Wildman–Crippen MR) is 78.6 cm³/mol. The normalized spacial score (nSPS) is 11.9. The predicted octanol–water partition coefficient (Wildman–Crippen LogP) is 2.67. The van der Waals surface area contributed by atoms with Gasteiger partial charge in [-0.15, -0.1) is 0 Å². The fourth-order valence-electron chi connectivity index (χ4n) is 1.68. The quantitative estimate of drug-likeness (QED) is 0.510. The van der Waals surface area contributed by atoms with Crippen molar-refractivity contribution in [1.82, 2.24) is 5.32 Å². The number of hydrogen-bond donors (Lipinski definition) is 1. The molecule has 0 aliphatic carbocycles. The molecule has 0 aromatic heterocycles. The van der Waals surface area contributed by atoms with Crippen molar-refractivity contribution in [2.75, 3.05) is 7.11 Å². The van der Waals surface area contributed by atoms with E-state index in [4.69, 9.17) is 4.74 Å². The maximum Gasteiger partial charge on any atom is 0.354 e. The molecule has 0 saturated carbocycles. The van der Waals surface area contributed by atoms with Gasteiger partial charge in [-0.25, -0.2) is 4.79 Å². The maximum absolute atomic E-state index is 11.7. The van der Waals surface area contributed by atoms with E-state index >= 15 is 0 Å². The van der Waals surface area contributed by atoms with Crippen LogP contribution in [0.2, 0.25) is 0 Å². The Labute approximate surface area is 119 Å². The summed E-state index contributed by atoms with van der Waals surface area (Å²) in [4.78, 5) is 22.9. The van der Waals surface area contributed by atoms with Gasteiger partial charge in [0, 0.05) is 6.92 Å². The molecule has 20 heavy (non-hydrogen) atoms. The molecule has 1 aromatic carbocycles. The SMILES string of the molecule is CCC(/C=C/c1ccccc1)=C(/NC(C)=O)C(=O)OC. The van der Waals surface area contributed by atoms with Gasteiger partial charge < -0.3 is 10.1 Å². The summed E-state index contributed by atoms with van der Waals surface area (Å²) in [7, 11) is 1.29. The minimum Gasteiger partial charge on any atom is -0.464 e. The molecule has 0 unspecified atom stereocenters. The van der Waals surface area contributed by atoms with E-state index in [0.29, 0.717) is 6.42 Å². The molecule has 1 aromatic rings. The van der Waals surface area contributed by atoms with Crippen LogP contribution in [-0.4, -0.2) is 19.0 Å². The van der Waals surface area contributed by atoms with Crippen molar-refractivity contribution < 1.29 is 14.3 Å². The Morgan fingerprint density at radius 2 is 1.90 bits per heavy atom. The third-order valence-corrected chi connectivity index (χ3v) is 2.67. The second-order valence-electron chi connectivity index (χ2n) is 4.17. The second-order valence-corrected chi connectivity index (χ2v) is 4.17. The fourth-order valence-corrected chi connectivity index (χ4v) is 1.68. The molecule has 0 fully saturated rings. The number of hydrogen-bond acceptors (Lipinski definition) is 3. The molecule has 0 heterocycles. The van der Waals surface area contributed by atoms with E-state index in [1.54, 1.807) is 0 Å². The number of benzene rings is 1. The standard InChI is InChI=1S/C16H19NO3/c1-4-14(11-10-13-8-6-5-7-9-13)15(16(19)20-3)17-12(2)18/h5-11H,4H2,1-3H3,(H,17,18)/b11-10+,15-14-. The van der Waals surface area contributed by atoms with E-state index in [9.17, 15) is 9.59 Å². The van der Waals surface area contributed by atoms with Crippen LogP contribution in [0.1, 0.15) is 25.8 Å². The molecule has 0 radical (unpaired) electrons. The summed E-state index contributed by atoms with van der Waals surface area (Å²) >= 11 is 0. The Bertz CT molecular complexity index is 530. The van der Waals surface area contributed by atoms with Gasteiger partial charge in [0.15, 0.2) is 0 Å². The minimum atomic E-state index is -0.547. The lowest BCUT2D eigenvalue weighted by atomic mass is 10.1. The van der Waals surface area contributed by atoms with E-state index in [-0.39, 0.29) is 11.6 Å². The topological polar surface area (TPSA) is 55.4 Å². The molecule has 0 atom stereocenters. The molecular formula is C16H19NO3. The van der Waals surface area contributed by atoms with Crippen LogP contribution in [0.3, 0.4) is 0 Å². The molecule has 106 valence electrons. The molecule has 4 nitrogen and oxygen atoms in total. The first-order valence-corrected chi connectivity index (χ1v) is 6.40. The van der Waals surface area contributed by atoms with Crippen LogP contribution >= 0.6 is 0 Å². The van der Waals surface area contributed by atoms with Crippen LogP contribution in [0.4, 0.5) is 0 Å². The van der Waals surface area contributed by atoms with Gasteiger partial charge in [0.05, 0.1) is 7.11 Å². The molecule has 0 aliphatic heterocycles. The van der Waals surface area contributed by atoms with Gasteiger partial charge in [0.25, 0.3) is 0 Å². The lowest BCUT2D eigenvalue weighted by molar-refractivity contribution is -0.137. The number of nitrogens with one attached hydrogen (secondary N) is 1. The maximum atomic E-state index is 11.7. The summed E-state index contributed by atoms with van der Waals surface area (Å²) in [6.07, 6.45) is 4.31. The zero-order chi connectivity index (χ0) is 15.0. The number of esters is 1. The van der Waals surface area contributed by atoms with Crippen molar-refractivity contribution in [2.24, 2.45) is 0 Å². The molecule has 0 spiro atoms. The summed E-state index contributed by atoms with van der Waals surface area (Å²) in [5.41, 5.74) is 1.93. The molecule has 4 heteroatoms. The van der Waals surface area contributed by atoms with Crippen LogP contribution in [-0.2, 0) is 14.3 Å². The number of ether oxygens (including phenoxy) is 1. The molecule has 1 N–H and O–H groups in total. The number of carbonyl (C=O) groups is 2. The first-order valence-electron chi connectivity index (χ1n) is 6.40. The molecule has 1 rings (SSSR count). The van der Waals surface area contributed by atoms with Crippen molar-refractivity contribution >= 4 is 18.0 Å². The van der Waals surface area contributed by atoms with Crippen LogP contribution in [0.25, 0.3) is 6.08 Å². The van der Waals surface area contributed by atoms with E-state index in [0.717, 1.165) is 11.1 Å². The van der Waals surface area contributed by atoms with Crippen molar-refractivity contribution in [3.05, 3.63) is 53.2 Å². The lowest BCUT2D eigenvalue weighted by Crippen LogP contribution is -2.27. The van der Waals surface area contributed by atoms with Crippen LogP contribution < -0.4 is 5.32 Å². The second kappa shape index (κ2) is 7.94. The van der Waals surface area contributed by atoms with Gasteiger partial charge >= 0.3 is 5.97 Å². The number of methoxy groups -OCH3 is 1. The van der Waals surface area contributed by atoms with Gasteiger partial charge in [-0.05, 0) is 17.6 Å². The zero-order valence-electron chi connectivity index (χ0n) is 12.0. The highest BCUT2D eigenvalue weighted by Gasteiger charge is 2.14. The van der Waals surface area contributed by atoms with Crippen molar-refractivity contribution in [2.45, 2.75) is 20.3 Å². The van der Waals surface area contributed by atoms with Crippen LogP contribution in [0.5, 0.6) is 0 Å². The fraction of sp³-hybridized carbons (Fsp3) is 0.250.